The maximum absolute atomic E-state index is 13.5. The minimum atomic E-state index is -0.988. The zero-order valence-electron chi connectivity index (χ0n) is 11.7. The molecule has 0 atom stereocenters. The van der Waals surface area contributed by atoms with E-state index in [1.165, 1.54) is 4.68 Å². The number of ether oxygens (including phenoxy) is 1. The molecule has 0 amide bonds. The zero-order valence-corrected chi connectivity index (χ0v) is 11.7. The first-order chi connectivity index (χ1) is 11.1. The van der Waals surface area contributed by atoms with E-state index in [2.05, 4.69) is 15.5 Å². The smallest absolute Gasteiger partial charge is 0.341 e. The Labute approximate surface area is 129 Å². The minimum Gasteiger partial charge on any atom is -0.454 e. The number of hydrogen-bond donors (Lipinski definition) is 0. The SMILES string of the molecule is O=C(OCc1nnnn1-c1ccccc1)c1ccc(F)cc1F. The van der Waals surface area contributed by atoms with Crippen molar-refractivity contribution < 1.29 is 18.3 Å². The van der Waals surface area contributed by atoms with Crippen molar-refractivity contribution in [3.05, 3.63) is 71.6 Å². The maximum Gasteiger partial charge on any atom is 0.341 e. The molecule has 0 unspecified atom stereocenters. The summed E-state index contributed by atoms with van der Waals surface area (Å²) < 4.78 is 32.8. The summed E-state index contributed by atoms with van der Waals surface area (Å²) in [7, 11) is 0. The van der Waals surface area contributed by atoms with Crippen LogP contribution in [0.3, 0.4) is 0 Å². The number of nitrogens with zero attached hydrogens (tertiary/aromatic N) is 4. The molecule has 0 spiro atoms. The van der Waals surface area contributed by atoms with Gasteiger partial charge in [-0.05, 0) is 34.7 Å². The molecular weight excluding hydrogens is 306 g/mol. The summed E-state index contributed by atoms with van der Waals surface area (Å²) >= 11 is 0. The molecule has 8 heteroatoms. The Kier molecular flexibility index (Phi) is 4.05. The van der Waals surface area contributed by atoms with Crippen LogP contribution in [0.5, 0.6) is 0 Å². The number of carbonyl (C=O) groups excluding carboxylic acids is 1. The van der Waals surface area contributed by atoms with Crippen molar-refractivity contribution in [3.8, 4) is 5.69 Å². The van der Waals surface area contributed by atoms with Gasteiger partial charge < -0.3 is 4.74 Å². The van der Waals surface area contributed by atoms with Gasteiger partial charge in [0.2, 0.25) is 0 Å². The van der Waals surface area contributed by atoms with Crippen LogP contribution < -0.4 is 0 Å². The molecule has 0 bridgehead atoms. The van der Waals surface area contributed by atoms with Gasteiger partial charge in [0, 0.05) is 6.07 Å². The Morgan fingerprint density at radius 3 is 2.65 bits per heavy atom. The highest BCUT2D eigenvalue weighted by Crippen LogP contribution is 2.13. The van der Waals surface area contributed by atoms with E-state index in [1.54, 1.807) is 24.3 Å². The van der Waals surface area contributed by atoms with Gasteiger partial charge in [-0.3, -0.25) is 0 Å². The zero-order chi connectivity index (χ0) is 16.2. The Balaban J connectivity index is 1.74. The predicted molar refractivity (Wildman–Crippen MR) is 74.6 cm³/mol. The van der Waals surface area contributed by atoms with Gasteiger partial charge in [0.15, 0.2) is 12.4 Å². The summed E-state index contributed by atoms with van der Waals surface area (Å²) in [5.41, 5.74) is 0.335. The van der Waals surface area contributed by atoms with Crippen molar-refractivity contribution in [2.45, 2.75) is 6.61 Å². The summed E-state index contributed by atoms with van der Waals surface area (Å²) in [6.45, 7) is -0.252. The van der Waals surface area contributed by atoms with Crippen LogP contribution in [0.15, 0.2) is 48.5 Å². The summed E-state index contributed by atoms with van der Waals surface area (Å²) in [5.74, 6) is -2.41. The Morgan fingerprint density at radius 2 is 1.91 bits per heavy atom. The van der Waals surface area contributed by atoms with E-state index in [-0.39, 0.29) is 18.0 Å². The highest BCUT2D eigenvalue weighted by atomic mass is 19.1. The molecule has 0 saturated heterocycles. The third kappa shape index (κ3) is 3.20. The van der Waals surface area contributed by atoms with E-state index in [9.17, 15) is 13.6 Å². The number of aromatic nitrogens is 4. The van der Waals surface area contributed by atoms with Crippen LogP contribution in [0.25, 0.3) is 5.69 Å². The molecule has 0 aliphatic carbocycles. The van der Waals surface area contributed by atoms with Gasteiger partial charge in [-0.15, -0.1) is 5.10 Å². The van der Waals surface area contributed by atoms with Crippen LogP contribution in [0.2, 0.25) is 0 Å². The first-order valence-corrected chi connectivity index (χ1v) is 6.60. The number of para-hydroxylation sites is 1. The lowest BCUT2D eigenvalue weighted by Gasteiger charge is -2.06. The van der Waals surface area contributed by atoms with Crippen molar-refractivity contribution in [3.63, 3.8) is 0 Å². The lowest BCUT2D eigenvalue weighted by atomic mass is 10.2. The van der Waals surface area contributed by atoms with E-state index in [4.69, 9.17) is 4.74 Å². The fraction of sp³-hybridized carbons (Fsp3) is 0.0667. The maximum atomic E-state index is 13.5. The van der Waals surface area contributed by atoms with Crippen molar-refractivity contribution >= 4 is 5.97 Å². The van der Waals surface area contributed by atoms with Crippen LogP contribution in [0.4, 0.5) is 8.78 Å². The Hall–Kier alpha value is -3.16. The molecule has 6 nitrogen and oxygen atoms in total. The molecule has 0 aliphatic rings. The Morgan fingerprint density at radius 1 is 1.13 bits per heavy atom. The number of rotatable bonds is 4. The van der Waals surface area contributed by atoms with Gasteiger partial charge >= 0.3 is 5.97 Å². The molecule has 23 heavy (non-hydrogen) atoms. The third-order valence-electron chi connectivity index (χ3n) is 3.02. The largest absolute Gasteiger partial charge is 0.454 e. The third-order valence-corrected chi connectivity index (χ3v) is 3.02. The molecule has 3 aromatic rings. The second kappa shape index (κ2) is 6.30. The monoisotopic (exact) mass is 316 g/mol. The summed E-state index contributed by atoms with van der Waals surface area (Å²) in [6, 6.07) is 11.6. The normalized spacial score (nSPS) is 10.5. The van der Waals surface area contributed by atoms with Crippen molar-refractivity contribution in [2.75, 3.05) is 0 Å². The number of carbonyl (C=O) groups is 1. The predicted octanol–water partition coefficient (Wildman–Crippen LogP) is 2.30. The van der Waals surface area contributed by atoms with Gasteiger partial charge in [0.1, 0.15) is 11.6 Å². The van der Waals surface area contributed by atoms with E-state index in [0.717, 1.165) is 12.1 Å². The van der Waals surface area contributed by atoms with E-state index >= 15 is 0 Å². The van der Waals surface area contributed by atoms with Crippen LogP contribution >= 0.6 is 0 Å². The van der Waals surface area contributed by atoms with Crippen LogP contribution in [0.1, 0.15) is 16.2 Å². The van der Waals surface area contributed by atoms with Crippen LogP contribution in [0, 0.1) is 11.6 Å². The number of tetrazole rings is 1. The topological polar surface area (TPSA) is 69.9 Å². The molecule has 0 fully saturated rings. The second-order valence-corrected chi connectivity index (χ2v) is 4.54. The summed E-state index contributed by atoms with van der Waals surface area (Å²) in [5, 5.41) is 11.1. The molecular formula is C15H10F2N4O2. The molecule has 0 aliphatic heterocycles. The van der Waals surface area contributed by atoms with Gasteiger partial charge in [-0.25, -0.2) is 13.6 Å². The average molecular weight is 316 g/mol. The minimum absolute atomic E-state index is 0.252. The van der Waals surface area contributed by atoms with Crippen molar-refractivity contribution in [1.82, 2.24) is 20.2 Å². The first kappa shape index (κ1) is 14.8. The Bertz CT molecular complexity index is 837. The molecule has 3 rings (SSSR count). The highest BCUT2D eigenvalue weighted by Gasteiger charge is 2.16. The lowest BCUT2D eigenvalue weighted by Crippen LogP contribution is -2.11. The molecule has 2 aromatic carbocycles. The van der Waals surface area contributed by atoms with E-state index < -0.39 is 17.6 Å². The highest BCUT2D eigenvalue weighted by molar-refractivity contribution is 5.89. The average Bonchev–Trinajstić information content (AvgIpc) is 3.02. The molecule has 1 aromatic heterocycles. The van der Waals surface area contributed by atoms with Gasteiger partial charge in [-0.2, -0.15) is 4.68 Å². The number of halogens is 2. The fourth-order valence-electron chi connectivity index (χ4n) is 1.93. The standard InChI is InChI=1S/C15H10F2N4O2/c16-10-6-7-12(13(17)8-10)15(22)23-9-14-18-19-20-21(14)11-4-2-1-3-5-11/h1-8H,9H2. The first-order valence-electron chi connectivity index (χ1n) is 6.60. The number of benzene rings is 2. The van der Waals surface area contributed by atoms with E-state index in [0.29, 0.717) is 11.8 Å². The second-order valence-electron chi connectivity index (χ2n) is 4.54. The molecule has 1 heterocycles. The van der Waals surface area contributed by atoms with Crippen molar-refractivity contribution in [2.24, 2.45) is 0 Å². The molecule has 0 radical (unpaired) electrons. The molecule has 116 valence electrons. The van der Waals surface area contributed by atoms with Crippen molar-refractivity contribution in [1.29, 1.82) is 0 Å². The number of hydrogen-bond acceptors (Lipinski definition) is 5. The van der Waals surface area contributed by atoms with Crippen LogP contribution in [-0.4, -0.2) is 26.2 Å². The van der Waals surface area contributed by atoms with E-state index in [1.807, 2.05) is 6.07 Å². The number of esters is 1. The molecule has 0 saturated carbocycles. The summed E-state index contributed by atoms with van der Waals surface area (Å²) in [4.78, 5) is 11.9. The lowest BCUT2D eigenvalue weighted by molar-refractivity contribution is 0.0454. The van der Waals surface area contributed by atoms with Gasteiger partial charge in [0.05, 0.1) is 11.3 Å². The molecule has 0 N–H and O–H groups in total. The fourth-order valence-corrected chi connectivity index (χ4v) is 1.93. The quantitative estimate of drug-likeness (QED) is 0.691. The van der Waals surface area contributed by atoms with Gasteiger partial charge in [0.25, 0.3) is 0 Å². The van der Waals surface area contributed by atoms with Gasteiger partial charge in [-0.1, -0.05) is 18.2 Å². The van der Waals surface area contributed by atoms with Crippen LogP contribution in [-0.2, 0) is 11.3 Å². The summed E-state index contributed by atoms with van der Waals surface area (Å²) in [6.07, 6.45) is 0.